The summed E-state index contributed by atoms with van der Waals surface area (Å²) in [6.07, 6.45) is 6.29. The second kappa shape index (κ2) is 10.2. The van der Waals surface area contributed by atoms with Crippen LogP contribution in [0.1, 0.15) is 39.0 Å². The highest BCUT2D eigenvalue weighted by atomic mass is 35.5. The van der Waals surface area contributed by atoms with Gasteiger partial charge in [0, 0.05) is 5.75 Å². The zero-order valence-corrected chi connectivity index (χ0v) is 16.4. The summed E-state index contributed by atoms with van der Waals surface area (Å²) in [5.41, 5.74) is 0. The first-order valence-electron chi connectivity index (χ1n) is 6.31. The normalized spacial score (nSPS) is 11.1. The zero-order valence-electron chi connectivity index (χ0n) is 10.9. The third kappa shape index (κ3) is 5.53. The van der Waals surface area contributed by atoms with Crippen LogP contribution in [0.2, 0.25) is 25.1 Å². The first kappa shape index (κ1) is 19.4. The van der Waals surface area contributed by atoms with Gasteiger partial charge in [0.25, 0.3) is 0 Å². The molecule has 0 unspecified atom stereocenters. The van der Waals surface area contributed by atoms with E-state index in [1.807, 2.05) is 0 Å². The lowest BCUT2D eigenvalue weighted by molar-refractivity contribution is 0.660. The van der Waals surface area contributed by atoms with Gasteiger partial charge >= 0.3 is 0 Å². The maximum Gasteiger partial charge on any atom is 0.0809 e. The third-order valence-corrected chi connectivity index (χ3v) is 7.65. The Morgan fingerprint density at radius 2 is 1.20 bits per heavy atom. The SMILES string of the molecule is CCCCCCCSSc1c(Cl)c(Cl)c(Cl)c(Cl)c1Cl. The zero-order chi connectivity index (χ0) is 15.1. The Morgan fingerprint density at radius 1 is 0.700 bits per heavy atom. The Kier molecular flexibility index (Phi) is 9.90. The quantitative estimate of drug-likeness (QED) is 0.181. The average Bonchev–Trinajstić information content (AvgIpc) is 2.45. The van der Waals surface area contributed by atoms with E-state index in [1.54, 1.807) is 10.8 Å². The summed E-state index contributed by atoms with van der Waals surface area (Å²) in [6, 6.07) is 0. The van der Waals surface area contributed by atoms with Gasteiger partial charge in [-0.15, -0.1) is 0 Å². The minimum Gasteiger partial charge on any atom is -0.0888 e. The highest BCUT2D eigenvalue weighted by Crippen LogP contribution is 2.50. The minimum atomic E-state index is 0.206. The van der Waals surface area contributed by atoms with E-state index >= 15 is 0 Å². The number of benzene rings is 1. The van der Waals surface area contributed by atoms with Crippen molar-refractivity contribution in [3.05, 3.63) is 25.1 Å². The molecule has 0 aliphatic rings. The van der Waals surface area contributed by atoms with Gasteiger partial charge in [-0.05, 0) is 6.42 Å². The molecule has 20 heavy (non-hydrogen) atoms. The van der Waals surface area contributed by atoms with Crippen molar-refractivity contribution in [1.29, 1.82) is 0 Å². The van der Waals surface area contributed by atoms with E-state index in [2.05, 4.69) is 6.92 Å². The summed E-state index contributed by atoms with van der Waals surface area (Å²) in [5.74, 6) is 1.04. The Balaban J connectivity index is 2.52. The second-order valence-corrected chi connectivity index (χ2v) is 8.53. The molecule has 0 atom stereocenters. The van der Waals surface area contributed by atoms with E-state index in [4.69, 9.17) is 58.0 Å². The van der Waals surface area contributed by atoms with Crippen molar-refractivity contribution < 1.29 is 0 Å². The van der Waals surface area contributed by atoms with E-state index in [0.29, 0.717) is 14.9 Å². The maximum absolute atomic E-state index is 6.16. The summed E-state index contributed by atoms with van der Waals surface area (Å²) in [4.78, 5) is 0.686. The van der Waals surface area contributed by atoms with E-state index in [-0.39, 0.29) is 15.1 Å². The van der Waals surface area contributed by atoms with Crippen LogP contribution in [0, 0.1) is 0 Å². The lowest BCUT2D eigenvalue weighted by Gasteiger charge is -2.11. The Bertz CT molecular complexity index is 422. The van der Waals surface area contributed by atoms with Crippen LogP contribution in [0.25, 0.3) is 0 Å². The van der Waals surface area contributed by atoms with Crippen LogP contribution in [0.3, 0.4) is 0 Å². The van der Waals surface area contributed by atoms with Crippen LogP contribution < -0.4 is 0 Å². The molecule has 0 aliphatic carbocycles. The van der Waals surface area contributed by atoms with Crippen molar-refractivity contribution in [3.8, 4) is 0 Å². The lowest BCUT2D eigenvalue weighted by atomic mass is 10.2. The molecule has 1 rings (SSSR count). The smallest absolute Gasteiger partial charge is 0.0809 e. The molecule has 0 nitrogen and oxygen atoms in total. The molecule has 0 spiro atoms. The predicted molar refractivity (Wildman–Crippen MR) is 98.6 cm³/mol. The second-order valence-electron chi connectivity index (χ2n) is 4.22. The first-order valence-corrected chi connectivity index (χ1v) is 10.5. The number of hydrogen-bond donors (Lipinski definition) is 0. The molecular weight excluding hydrogens is 398 g/mol. The van der Waals surface area contributed by atoms with Gasteiger partial charge in [-0.3, -0.25) is 0 Å². The fourth-order valence-corrected chi connectivity index (χ4v) is 5.61. The molecule has 7 heteroatoms. The molecule has 0 amide bonds. The van der Waals surface area contributed by atoms with Gasteiger partial charge in [0.15, 0.2) is 0 Å². The van der Waals surface area contributed by atoms with Gasteiger partial charge in [0.1, 0.15) is 0 Å². The molecule has 1 aromatic rings. The molecule has 1 aromatic carbocycles. The molecule has 0 N–H and O–H groups in total. The molecule has 0 radical (unpaired) electrons. The number of unbranched alkanes of at least 4 members (excludes halogenated alkanes) is 4. The maximum atomic E-state index is 6.16. The summed E-state index contributed by atoms with van der Waals surface area (Å²) < 4.78 is 0. The lowest BCUT2D eigenvalue weighted by Crippen LogP contribution is -1.84. The summed E-state index contributed by atoms with van der Waals surface area (Å²) in [7, 11) is 3.20. The largest absolute Gasteiger partial charge is 0.0888 e. The summed E-state index contributed by atoms with van der Waals surface area (Å²) >= 11 is 30.3. The van der Waals surface area contributed by atoms with Gasteiger partial charge in [0.2, 0.25) is 0 Å². The van der Waals surface area contributed by atoms with Gasteiger partial charge < -0.3 is 0 Å². The van der Waals surface area contributed by atoms with E-state index in [9.17, 15) is 0 Å². The summed E-state index contributed by atoms with van der Waals surface area (Å²) in [5, 5.41) is 1.46. The van der Waals surface area contributed by atoms with Crippen LogP contribution in [-0.4, -0.2) is 5.75 Å². The van der Waals surface area contributed by atoms with Crippen molar-refractivity contribution in [2.45, 2.75) is 43.9 Å². The van der Waals surface area contributed by atoms with Crippen LogP contribution in [0.15, 0.2) is 4.90 Å². The monoisotopic (exact) mass is 410 g/mol. The van der Waals surface area contributed by atoms with Crippen LogP contribution >= 0.6 is 79.6 Å². The topological polar surface area (TPSA) is 0 Å². The van der Waals surface area contributed by atoms with Crippen LogP contribution in [0.5, 0.6) is 0 Å². The third-order valence-electron chi connectivity index (χ3n) is 2.64. The number of halogens is 5. The van der Waals surface area contributed by atoms with Crippen molar-refractivity contribution in [2.24, 2.45) is 0 Å². The minimum absolute atomic E-state index is 0.206. The van der Waals surface area contributed by atoms with E-state index in [1.165, 1.54) is 42.9 Å². The van der Waals surface area contributed by atoms with Gasteiger partial charge in [-0.1, -0.05) is 112 Å². The van der Waals surface area contributed by atoms with Crippen LogP contribution in [-0.2, 0) is 0 Å². The molecular formula is C13H15Cl5S2. The number of hydrogen-bond acceptors (Lipinski definition) is 2. The van der Waals surface area contributed by atoms with Gasteiger partial charge in [-0.25, -0.2) is 0 Å². The van der Waals surface area contributed by atoms with Crippen molar-refractivity contribution in [2.75, 3.05) is 5.75 Å². The van der Waals surface area contributed by atoms with E-state index in [0.717, 1.165) is 5.75 Å². The standard InChI is InChI=1S/C13H15Cl5S2/c1-2-3-4-5-6-7-19-20-13-11(17)9(15)8(14)10(16)12(13)18/h2-7H2,1H3. The van der Waals surface area contributed by atoms with Gasteiger partial charge in [-0.2, -0.15) is 0 Å². The van der Waals surface area contributed by atoms with E-state index < -0.39 is 0 Å². The van der Waals surface area contributed by atoms with Crippen molar-refractivity contribution in [1.82, 2.24) is 0 Å². The summed E-state index contributed by atoms with van der Waals surface area (Å²) in [6.45, 7) is 2.21. The molecule has 0 aromatic heterocycles. The molecule has 0 saturated carbocycles. The highest BCUT2D eigenvalue weighted by Gasteiger charge is 2.19. The Labute approximate surface area is 153 Å². The number of rotatable bonds is 8. The first-order chi connectivity index (χ1) is 9.50. The molecule has 0 fully saturated rings. The Hall–Kier alpha value is 1.37. The molecule has 0 bridgehead atoms. The average molecular weight is 413 g/mol. The Morgan fingerprint density at radius 3 is 1.75 bits per heavy atom. The molecule has 0 heterocycles. The van der Waals surface area contributed by atoms with Crippen molar-refractivity contribution in [3.63, 3.8) is 0 Å². The van der Waals surface area contributed by atoms with Crippen LogP contribution in [0.4, 0.5) is 0 Å². The van der Waals surface area contributed by atoms with Crippen molar-refractivity contribution >= 4 is 79.6 Å². The highest BCUT2D eigenvalue weighted by molar-refractivity contribution is 8.76. The fourth-order valence-electron chi connectivity index (χ4n) is 1.52. The molecule has 0 aliphatic heterocycles. The molecule has 114 valence electrons. The fraction of sp³-hybridized carbons (Fsp3) is 0.538. The predicted octanol–water partition coefficient (Wildman–Crippen LogP) is 8.66. The molecule has 0 saturated heterocycles. The van der Waals surface area contributed by atoms with Gasteiger partial charge in [0.05, 0.1) is 30.0 Å².